The van der Waals surface area contributed by atoms with Crippen LogP contribution in [0.15, 0.2) is 76.1 Å². The lowest BCUT2D eigenvalue weighted by atomic mass is 9.87. The summed E-state index contributed by atoms with van der Waals surface area (Å²) in [5.41, 5.74) is 2.49. The Morgan fingerprint density at radius 1 is 1.00 bits per heavy atom. The van der Waals surface area contributed by atoms with Gasteiger partial charge in [-0.15, -0.1) is 0 Å². The Labute approximate surface area is 198 Å². The Kier molecular flexibility index (Phi) is 7.10. The van der Waals surface area contributed by atoms with Gasteiger partial charge in [0.1, 0.15) is 6.61 Å². The molecule has 32 heavy (non-hydrogen) atoms. The number of benzene rings is 3. The van der Waals surface area contributed by atoms with Crippen LogP contribution in [0.4, 0.5) is 5.69 Å². The molecule has 0 unspecified atom stereocenters. The van der Waals surface area contributed by atoms with E-state index in [0.717, 1.165) is 15.6 Å². The second-order valence-electron chi connectivity index (χ2n) is 8.58. The van der Waals surface area contributed by atoms with E-state index >= 15 is 0 Å². The number of anilines is 1. The summed E-state index contributed by atoms with van der Waals surface area (Å²) in [6.45, 7) is 7.91. The SMILES string of the molecule is Cc1ccc(C(C)(C)C)cc1S(=O)(=O)Nc1ccccc1C(=O)OCc1ccc(Br)cc1. The van der Waals surface area contributed by atoms with Gasteiger partial charge in [0.15, 0.2) is 0 Å². The van der Waals surface area contributed by atoms with E-state index in [-0.39, 0.29) is 28.2 Å². The van der Waals surface area contributed by atoms with Crippen LogP contribution >= 0.6 is 15.9 Å². The van der Waals surface area contributed by atoms with Crippen LogP contribution in [0.1, 0.15) is 47.8 Å². The van der Waals surface area contributed by atoms with Crippen LogP contribution in [-0.4, -0.2) is 14.4 Å². The first-order valence-electron chi connectivity index (χ1n) is 10.1. The maximum atomic E-state index is 13.2. The normalized spacial score (nSPS) is 11.8. The Bertz CT molecular complexity index is 1230. The largest absolute Gasteiger partial charge is 0.457 e. The molecular weight excluding hydrogens is 490 g/mol. The highest BCUT2D eigenvalue weighted by molar-refractivity contribution is 9.10. The molecule has 0 aliphatic rings. The van der Waals surface area contributed by atoms with Crippen LogP contribution in [-0.2, 0) is 26.8 Å². The summed E-state index contributed by atoms with van der Waals surface area (Å²) in [6.07, 6.45) is 0. The number of aryl methyl sites for hydroxylation is 1. The molecule has 3 aromatic carbocycles. The van der Waals surface area contributed by atoms with E-state index in [9.17, 15) is 13.2 Å². The zero-order valence-electron chi connectivity index (χ0n) is 18.5. The van der Waals surface area contributed by atoms with Crippen molar-refractivity contribution in [3.63, 3.8) is 0 Å². The lowest BCUT2D eigenvalue weighted by Gasteiger charge is -2.21. The minimum Gasteiger partial charge on any atom is -0.457 e. The molecule has 0 spiro atoms. The molecule has 0 bridgehead atoms. The summed E-state index contributed by atoms with van der Waals surface area (Å²) < 4.78 is 35.4. The average molecular weight is 516 g/mol. The number of sulfonamides is 1. The van der Waals surface area contributed by atoms with Gasteiger partial charge in [-0.1, -0.05) is 73.1 Å². The molecule has 0 saturated carbocycles. The Hall–Kier alpha value is -2.64. The number of carbonyl (C=O) groups is 1. The number of hydrogen-bond donors (Lipinski definition) is 1. The number of carbonyl (C=O) groups excluding carboxylic acids is 1. The molecule has 3 aromatic rings. The smallest absolute Gasteiger partial charge is 0.340 e. The van der Waals surface area contributed by atoms with Crippen LogP contribution in [0.2, 0.25) is 0 Å². The third-order valence-electron chi connectivity index (χ3n) is 5.02. The van der Waals surface area contributed by atoms with E-state index in [4.69, 9.17) is 4.74 Å². The Balaban J connectivity index is 1.85. The molecule has 0 heterocycles. The van der Waals surface area contributed by atoms with E-state index in [1.54, 1.807) is 43.3 Å². The summed E-state index contributed by atoms with van der Waals surface area (Å²) in [4.78, 5) is 12.9. The van der Waals surface area contributed by atoms with Crippen LogP contribution in [0.3, 0.4) is 0 Å². The van der Waals surface area contributed by atoms with Crippen molar-refractivity contribution in [3.05, 3.63) is 93.5 Å². The zero-order chi connectivity index (χ0) is 23.5. The highest BCUT2D eigenvalue weighted by atomic mass is 79.9. The van der Waals surface area contributed by atoms with Crippen molar-refractivity contribution in [2.45, 2.75) is 44.6 Å². The first kappa shape index (κ1) is 24.0. The molecule has 1 N–H and O–H groups in total. The molecule has 0 radical (unpaired) electrons. The Morgan fingerprint density at radius 3 is 2.31 bits per heavy atom. The topological polar surface area (TPSA) is 72.5 Å². The van der Waals surface area contributed by atoms with E-state index in [1.165, 1.54) is 0 Å². The molecule has 0 saturated heterocycles. The molecule has 5 nitrogen and oxygen atoms in total. The van der Waals surface area contributed by atoms with Gasteiger partial charge in [0.2, 0.25) is 0 Å². The van der Waals surface area contributed by atoms with Gasteiger partial charge in [-0.2, -0.15) is 0 Å². The fourth-order valence-corrected chi connectivity index (χ4v) is 4.73. The number of esters is 1. The molecule has 0 aliphatic carbocycles. The molecular formula is C25H26BrNO4S. The van der Waals surface area contributed by atoms with Crippen molar-refractivity contribution in [2.24, 2.45) is 0 Å². The van der Waals surface area contributed by atoms with Gasteiger partial charge in [0.05, 0.1) is 16.1 Å². The number of ether oxygens (including phenoxy) is 1. The minimum absolute atomic E-state index is 0.0833. The summed E-state index contributed by atoms with van der Waals surface area (Å²) >= 11 is 3.37. The van der Waals surface area contributed by atoms with Gasteiger partial charge in [-0.25, -0.2) is 13.2 Å². The van der Waals surface area contributed by atoms with Gasteiger partial charge in [0, 0.05) is 4.47 Å². The molecule has 168 valence electrons. The summed E-state index contributed by atoms with van der Waals surface area (Å²) in [6, 6.07) is 19.3. The fourth-order valence-electron chi connectivity index (χ4n) is 3.11. The lowest BCUT2D eigenvalue weighted by molar-refractivity contribution is 0.0474. The van der Waals surface area contributed by atoms with Crippen molar-refractivity contribution < 1.29 is 17.9 Å². The third kappa shape index (κ3) is 5.78. The Morgan fingerprint density at radius 2 is 1.66 bits per heavy atom. The van der Waals surface area contributed by atoms with Crippen molar-refractivity contribution in [1.29, 1.82) is 0 Å². The molecule has 3 rings (SSSR count). The van der Waals surface area contributed by atoms with Gasteiger partial charge >= 0.3 is 5.97 Å². The summed E-state index contributed by atoms with van der Waals surface area (Å²) in [5.74, 6) is -0.605. The van der Waals surface area contributed by atoms with Crippen LogP contribution in [0.5, 0.6) is 0 Å². The highest BCUT2D eigenvalue weighted by Crippen LogP contribution is 2.28. The first-order chi connectivity index (χ1) is 15.0. The number of nitrogens with one attached hydrogen (secondary N) is 1. The maximum Gasteiger partial charge on any atom is 0.340 e. The standard InChI is InChI=1S/C25H26BrNO4S/c1-17-9-12-19(25(2,3)4)15-23(17)32(29,30)27-22-8-6-5-7-21(22)24(28)31-16-18-10-13-20(26)14-11-18/h5-15,27H,16H2,1-4H3. The minimum atomic E-state index is -3.92. The van der Waals surface area contributed by atoms with Crippen molar-refractivity contribution >= 4 is 37.6 Å². The van der Waals surface area contributed by atoms with Crippen LogP contribution < -0.4 is 4.72 Å². The second-order valence-corrected chi connectivity index (χ2v) is 11.2. The van der Waals surface area contributed by atoms with E-state index in [1.807, 2.05) is 51.1 Å². The number of halogens is 1. The highest BCUT2D eigenvalue weighted by Gasteiger charge is 2.23. The van der Waals surface area contributed by atoms with Gasteiger partial charge < -0.3 is 4.74 Å². The maximum absolute atomic E-state index is 13.2. The van der Waals surface area contributed by atoms with Gasteiger partial charge in [-0.05, 0) is 59.4 Å². The van der Waals surface area contributed by atoms with E-state index in [2.05, 4.69) is 20.7 Å². The van der Waals surface area contributed by atoms with Crippen molar-refractivity contribution in [3.8, 4) is 0 Å². The second kappa shape index (κ2) is 9.46. The lowest BCUT2D eigenvalue weighted by Crippen LogP contribution is -2.19. The van der Waals surface area contributed by atoms with Crippen LogP contribution in [0, 0.1) is 6.92 Å². The van der Waals surface area contributed by atoms with E-state index in [0.29, 0.717) is 5.56 Å². The van der Waals surface area contributed by atoms with Crippen molar-refractivity contribution in [2.75, 3.05) is 4.72 Å². The number of para-hydroxylation sites is 1. The van der Waals surface area contributed by atoms with E-state index < -0.39 is 16.0 Å². The molecule has 0 amide bonds. The first-order valence-corrected chi connectivity index (χ1v) is 12.4. The van der Waals surface area contributed by atoms with Crippen molar-refractivity contribution in [1.82, 2.24) is 0 Å². The summed E-state index contributed by atoms with van der Waals surface area (Å²) in [7, 11) is -3.92. The summed E-state index contributed by atoms with van der Waals surface area (Å²) in [5, 5.41) is 0. The fraction of sp³-hybridized carbons (Fsp3) is 0.240. The number of rotatable bonds is 6. The molecule has 0 aromatic heterocycles. The number of hydrogen-bond acceptors (Lipinski definition) is 4. The molecule has 0 aliphatic heterocycles. The molecule has 0 fully saturated rings. The predicted octanol–water partition coefficient (Wildman–Crippen LogP) is 6.21. The zero-order valence-corrected chi connectivity index (χ0v) is 20.9. The monoisotopic (exact) mass is 515 g/mol. The van der Waals surface area contributed by atoms with Crippen LogP contribution in [0.25, 0.3) is 0 Å². The predicted molar refractivity (Wildman–Crippen MR) is 130 cm³/mol. The molecule has 7 heteroatoms. The van der Waals surface area contributed by atoms with Gasteiger partial charge in [-0.3, -0.25) is 4.72 Å². The van der Waals surface area contributed by atoms with Gasteiger partial charge in [0.25, 0.3) is 10.0 Å². The average Bonchev–Trinajstić information content (AvgIpc) is 2.72. The third-order valence-corrected chi connectivity index (χ3v) is 7.05. The quantitative estimate of drug-likeness (QED) is 0.396. The molecule has 0 atom stereocenters.